The highest BCUT2D eigenvalue weighted by molar-refractivity contribution is 7.89. The number of benzene rings is 1. The fourth-order valence-electron chi connectivity index (χ4n) is 2.30. The van der Waals surface area contributed by atoms with Gasteiger partial charge in [0.2, 0.25) is 10.0 Å². The van der Waals surface area contributed by atoms with Crippen LogP contribution in [0.15, 0.2) is 29.2 Å². The topological polar surface area (TPSA) is 75.4 Å². The molecule has 19 heavy (non-hydrogen) atoms. The van der Waals surface area contributed by atoms with Gasteiger partial charge in [-0.2, -0.15) is 0 Å². The van der Waals surface area contributed by atoms with Crippen LogP contribution < -0.4 is 10.5 Å². The number of piperidine rings is 1. The first kappa shape index (κ1) is 14.3. The van der Waals surface area contributed by atoms with Gasteiger partial charge in [0.15, 0.2) is 0 Å². The number of anilines is 1. The van der Waals surface area contributed by atoms with E-state index in [0.717, 1.165) is 18.8 Å². The van der Waals surface area contributed by atoms with Crippen LogP contribution in [0.2, 0.25) is 0 Å². The van der Waals surface area contributed by atoms with Gasteiger partial charge in [-0.25, -0.2) is 13.6 Å². The molecule has 0 spiro atoms. The van der Waals surface area contributed by atoms with Crippen LogP contribution in [0.1, 0.15) is 19.3 Å². The Kier molecular flexibility index (Phi) is 4.79. The van der Waals surface area contributed by atoms with Gasteiger partial charge in [-0.1, -0.05) is 6.42 Å². The Labute approximate surface area is 114 Å². The van der Waals surface area contributed by atoms with E-state index in [4.69, 9.17) is 5.14 Å². The fraction of sp³-hybridized carbons (Fsp3) is 0.538. The number of nitrogens with two attached hydrogens (primary N) is 1. The lowest BCUT2D eigenvalue weighted by Crippen LogP contribution is -2.33. The van der Waals surface area contributed by atoms with Gasteiger partial charge < -0.3 is 10.2 Å². The lowest BCUT2D eigenvalue weighted by atomic mass is 10.1. The Hall–Kier alpha value is -1.11. The molecule has 0 unspecified atom stereocenters. The van der Waals surface area contributed by atoms with E-state index in [1.807, 2.05) is 0 Å². The normalized spacial score (nSPS) is 17.3. The zero-order chi connectivity index (χ0) is 13.7. The van der Waals surface area contributed by atoms with E-state index in [-0.39, 0.29) is 4.90 Å². The number of likely N-dealkylation sites (tertiary alicyclic amines) is 1. The number of hydrogen-bond donors (Lipinski definition) is 2. The maximum Gasteiger partial charge on any atom is 0.238 e. The summed E-state index contributed by atoms with van der Waals surface area (Å²) < 4.78 is 22.2. The first-order valence-electron chi connectivity index (χ1n) is 6.65. The average molecular weight is 283 g/mol. The third-order valence-corrected chi connectivity index (χ3v) is 4.32. The zero-order valence-corrected chi connectivity index (χ0v) is 11.8. The van der Waals surface area contributed by atoms with E-state index in [1.165, 1.54) is 44.5 Å². The van der Waals surface area contributed by atoms with Crippen LogP contribution in [0.3, 0.4) is 0 Å². The summed E-state index contributed by atoms with van der Waals surface area (Å²) in [6.07, 6.45) is 3.94. The van der Waals surface area contributed by atoms with E-state index in [0.29, 0.717) is 0 Å². The van der Waals surface area contributed by atoms with Crippen molar-refractivity contribution < 1.29 is 8.42 Å². The molecule has 0 saturated carbocycles. The molecular weight excluding hydrogens is 262 g/mol. The third-order valence-electron chi connectivity index (χ3n) is 3.39. The second kappa shape index (κ2) is 6.36. The first-order chi connectivity index (χ1) is 9.05. The van der Waals surface area contributed by atoms with E-state index < -0.39 is 10.0 Å². The number of sulfonamides is 1. The van der Waals surface area contributed by atoms with Crippen molar-refractivity contribution >= 4 is 15.7 Å². The van der Waals surface area contributed by atoms with Gasteiger partial charge >= 0.3 is 0 Å². The SMILES string of the molecule is NS(=O)(=O)c1ccc(NCCN2CCCCC2)cc1. The summed E-state index contributed by atoms with van der Waals surface area (Å²) in [6.45, 7) is 4.27. The fourth-order valence-corrected chi connectivity index (χ4v) is 2.82. The summed E-state index contributed by atoms with van der Waals surface area (Å²) in [6, 6.07) is 6.54. The highest BCUT2D eigenvalue weighted by Gasteiger charge is 2.09. The van der Waals surface area contributed by atoms with Crippen molar-refractivity contribution in [2.75, 3.05) is 31.5 Å². The van der Waals surface area contributed by atoms with Crippen LogP contribution in [-0.4, -0.2) is 39.5 Å². The maximum atomic E-state index is 11.1. The van der Waals surface area contributed by atoms with E-state index in [1.54, 1.807) is 12.1 Å². The summed E-state index contributed by atoms with van der Waals surface area (Å²) >= 11 is 0. The number of primary sulfonamides is 1. The molecule has 6 heteroatoms. The van der Waals surface area contributed by atoms with Crippen molar-refractivity contribution in [3.63, 3.8) is 0 Å². The van der Waals surface area contributed by atoms with Gasteiger partial charge in [-0.15, -0.1) is 0 Å². The molecule has 2 rings (SSSR count). The smallest absolute Gasteiger partial charge is 0.238 e. The van der Waals surface area contributed by atoms with Crippen molar-refractivity contribution in [3.05, 3.63) is 24.3 Å². The number of nitrogens with one attached hydrogen (secondary N) is 1. The molecule has 1 aliphatic heterocycles. The van der Waals surface area contributed by atoms with Crippen molar-refractivity contribution in [1.29, 1.82) is 0 Å². The molecule has 5 nitrogen and oxygen atoms in total. The van der Waals surface area contributed by atoms with Gasteiger partial charge in [-0.3, -0.25) is 0 Å². The van der Waals surface area contributed by atoms with Crippen LogP contribution in [0, 0.1) is 0 Å². The predicted molar refractivity (Wildman–Crippen MR) is 76.6 cm³/mol. The number of rotatable bonds is 5. The van der Waals surface area contributed by atoms with Crippen LogP contribution >= 0.6 is 0 Å². The molecule has 0 aromatic heterocycles. The second-order valence-electron chi connectivity index (χ2n) is 4.90. The summed E-state index contributed by atoms with van der Waals surface area (Å²) in [5.74, 6) is 0. The molecular formula is C13H21N3O2S. The van der Waals surface area contributed by atoms with Gasteiger partial charge in [0.25, 0.3) is 0 Å². The Balaban J connectivity index is 1.80. The van der Waals surface area contributed by atoms with E-state index in [2.05, 4.69) is 10.2 Å². The minimum Gasteiger partial charge on any atom is -0.384 e. The summed E-state index contributed by atoms with van der Waals surface area (Å²) in [4.78, 5) is 2.60. The quantitative estimate of drug-likeness (QED) is 0.852. The monoisotopic (exact) mass is 283 g/mol. The van der Waals surface area contributed by atoms with Crippen LogP contribution in [0.25, 0.3) is 0 Å². The average Bonchev–Trinajstić information content (AvgIpc) is 2.39. The molecule has 1 aromatic rings. The minimum absolute atomic E-state index is 0.147. The van der Waals surface area contributed by atoms with Crippen LogP contribution in [0.5, 0.6) is 0 Å². The van der Waals surface area contributed by atoms with E-state index in [9.17, 15) is 8.42 Å². The largest absolute Gasteiger partial charge is 0.384 e. The van der Waals surface area contributed by atoms with Gasteiger partial charge in [0.1, 0.15) is 0 Å². The lowest BCUT2D eigenvalue weighted by molar-refractivity contribution is 0.237. The maximum absolute atomic E-state index is 11.1. The van der Waals surface area contributed by atoms with Crippen molar-refractivity contribution in [1.82, 2.24) is 4.90 Å². The zero-order valence-electron chi connectivity index (χ0n) is 11.0. The standard InChI is InChI=1S/C13H21N3O2S/c14-19(17,18)13-6-4-12(5-7-13)15-8-11-16-9-2-1-3-10-16/h4-7,15H,1-3,8-11H2,(H2,14,17,18). The molecule has 1 fully saturated rings. The third kappa shape index (κ3) is 4.49. The molecule has 106 valence electrons. The molecule has 0 atom stereocenters. The molecule has 3 N–H and O–H groups in total. The molecule has 0 radical (unpaired) electrons. The first-order valence-corrected chi connectivity index (χ1v) is 8.19. The highest BCUT2D eigenvalue weighted by atomic mass is 32.2. The summed E-state index contributed by atoms with van der Waals surface area (Å²) in [7, 11) is -3.59. The Bertz CT molecular complexity index is 493. The molecule has 0 amide bonds. The van der Waals surface area contributed by atoms with Crippen molar-refractivity contribution in [3.8, 4) is 0 Å². The summed E-state index contributed by atoms with van der Waals surface area (Å²) in [5, 5.41) is 8.34. The second-order valence-corrected chi connectivity index (χ2v) is 6.46. The van der Waals surface area contributed by atoms with Crippen molar-refractivity contribution in [2.24, 2.45) is 5.14 Å². The number of nitrogens with zero attached hydrogens (tertiary/aromatic N) is 1. The van der Waals surface area contributed by atoms with Gasteiger partial charge in [-0.05, 0) is 50.2 Å². The van der Waals surface area contributed by atoms with Gasteiger partial charge in [0, 0.05) is 18.8 Å². The van der Waals surface area contributed by atoms with Crippen molar-refractivity contribution in [2.45, 2.75) is 24.2 Å². The highest BCUT2D eigenvalue weighted by Crippen LogP contribution is 2.13. The molecule has 0 bridgehead atoms. The molecule has 1 aliphatic rings. The minimum atomic E-state index is -3.59. The Morgan fingerprint density at radius 1 is 1.11 bits per heavy atom. The van der Waals surface area contributed by atoms with Crippen LogP contribution in [0.4, 0.5) is 5.69 Å². The molecule has 0 aliphatic carbocycles. The predicted octanol–water partition coefficient (Wildman–Crippen LogP) is 1.23. The lowest BCUT2D eigenvalue weighted by Gasteiger charge is -2.26. The van der Waals surface area contributed by atoms with E-state index >= 15 is 0 Å². The Morgan fingerprint density at radius 2 is 1.74 bits per heavy atom. The molecule has 1 aromatic carbocycles. The molecule has 1 heterocycles. The van der Waals surface area contributed by atoms with Gasteiger partial charge in [0.05, 0.1) is 4.90 Å². The van der Waals surface area contributed by atoms with Crippen LogP contribution in [-0.2, 0) is 10.0 Å². The Morgan fingerprint density at radius 3 is 2.32 bits per heavy atom. The summed E-state index contributed by atoms with van der Waals surface area (Å²) in [5.41, 5.74) is 0.921. The number of hydrogen-bond acceptors (Lipinski definition) is 4. The molecule has 1 saturated heterocycles.